The summed E-state index contributed by atoms with van der Waals surface area (Å²) in [4.78, 5) is 0. The lowest BCUT2D eigenvalue weighted by atomic mass is 9.82. The quantitative estimate of drug-likeness (QED) is 0.752. The Bertz CT molecular complexity index is 372. The zero-order valence-corrected chi connectivity index (χ0v) is 10.2. The molecule has 3 nitrogen and oxygen atoms in total. The van der Waals surface area contributed by atoms with Crippen LogP contribution in [0.4, 0.5) is 0 Å². The van der Waals surface area contributed by atoms with Crippen molar-refractivity contribution in [3.8, 4) is 5.75 Å². The predicted octanol–water partition coefficient (Wildman–Crippen LogP) is 2.40. The summed E-state index contributed by atoms with van der Waals surface area (Å²) in [7, 11) is 0. The second kappa shape index (κ2) is 5.52. The highest BCUT2D eigenvalue weighted by Crippen LogP contribution is 2.39. The molecule has 1 aromatic carbocycles. The minimum atomic E-state index is -0.265. The summed E-state index contributed by atoms with van der Waals surface area (Å²) in [6, 6.07) is 5.62. The Morgan fingerprint density at radius 1 is 1.24 bits per heavy atom. The lowest BCUT2D eigenvalue weighted by Gasteiger charge is -2.24. The Morgan fingerprint density at radius 2 is 1.94 bits per heavy atom. The first-order chi connectivity index (χ1) is 8.24. The molecule has 5 N–H and O–H groups in total. The maximum atomic E-state index is 10.3. The van der Waals surface area contributed by atoms with E-state index in [9.17, 15) is 5.11 Å². The van der Waals surface area contributed by atoms with Crippen molar-refractivity contribution in [3.05, 3.63) is 29.3 Å². The Hall–Kier alpha value is -1.06. The van der Waals surface area contributed by atoms with E-state index in [1.54, 1.807) is 0 Å². The fraction of sp³-hybridized carbons (Fsp3) is 0.571. The molecule has 2 rings (SSSR count). The van der Waals surface area contributed by atoms with Gasteiger partial charge in [0.25, 0.3) is 0 Å². The monoisotopic (exact) mass is 234 g/mol. The van der Waals surface area contributed by atoms with Crippen LogP contribution < -0.4 is 11.5 Å². The number of phenols is 1. The lowest BCUT2D eigenvalue weighted by Crippen LogP contribution is -2.21. The predicted molar refractivity (Wildman–Crippen MR) is 69.9 cm³/mol. The van der Waals surface area contributed by atoms with Gasteiger partial charge in [0.15, 0.2) is 0 Å². The van der Waals surface area contributed by atoms with E-state index in [0.717, 1.165) is 11.1 Å². The second-order valence-corrected chi connectivity index (χ2v) is 4.96. The molecular weight excluding hydrogens is 212 g/mol. The highest BCUT2D eigenvalue weighted by molar-refractivity contribution is 5.44. The molecule has 0 aromatic heterocycles. The van der Waals surface area contributed by atoms with Crippen molar-refractivity contribution in [3.63, 3.8) is 0 Å². The van der Waals surface area contributed by atoms with Gasteiger partial charge in [-0.05, 0) is 24.3 Å². The van der Waals surface area contributed by atoms with Crippen molar-refractivity contribution in [2.75, 3.05) is 6.54 Å². The third-order valence-electron chi connectivity index (χ3n) is 3.80. The molecule has 0 aliphatic heterocycles. The van der Waals surface area contributed by atoms with E-state index in [1.165, 1.54) is 32.1 Å². The van der Waals surface area contributed by atoms with Gasteiger partial charge >= 0.3 is 0 Å². The van der Waals surface area contributed by atoms with Crippen LogP contribution in [-0.4, -0.2) is 11.7 Å². The zero-order chi connectivity index (χ0) is 12.3. The van der Waals surface area contributed by atoms with Crippen molar-refractivity contribution in [1.29, 1.82) is 0 Å². The van der Waals surface area contributed by atoms with Crippen LogP contribution in [0.1, 0.15) is 55.2 Å². The summed E-state index contributed by atoms with van der Waals surface area (Å²) in [5.41, 5.74) is 13.3. The van der Waals surface area contributed by atoms with Crippen molar-refractivity contribution in [1.82, 2.24) is 0 Å². The summed E-state index contributed by atoms with van der Waals surface area (Å²) in [6.07, 6.45) is 6.19. The molecule has 0 spiro atoms. The standard InChI is InChI=1S/C14H22N2O/c15-9-13(16)12-8-4-7-11(14(12)17)10-5-2-1-3-6-10/h4,7-8,10,13,17H,1-3,5-6,9,15-16H2/t13-/m0/s1. The Kier molecular flexibility index (Phi) is 4.02. The average Bonchev–Trinajstić information content (AvgIpc) is 2.39. The van der Waals surface area contributed by atoms with Gasteiger partial charge in [-0.2, -0.15) is 0 Å². The molecule has 0 bridgehead atoms. The van der Waals surface area contributed by atoms with Gasteiger partial charge in [0.2, 0.25) is 0 Å². The summed E-state index contributed by atoms with van der Waals surface area (Å²) in [5, 5.41) is 10.3. The molecule has 0 heterocycles. The normalized spacial score (nSPS) is 19.2. The highest BCUT2D eigenvalue weighted by atomic mass is 16.3. The maximum Gasteiger partial charge on any atom is 0.123 e. The minimum Gasteiger partial charge on any atom is -0.507 e. The summed E-state index contributed by atoms with van der Waals surface area (Å²) in [6.45, 7) is 0.363. The Morgan fingerprint density at radius 3 is 2.59 bits per heavy atom. The largest absolute Gasteiger partial charge is 0.507 e. The van der Waals surface area contributed by atoms with E-state index in [-0.39, 0.29) is 6.04 Å². The summed E-state index contributed by atoms with van der Waals surface area (Å²) >= 11 is 0. The van der Waals surface area contributed by atoms with Crippen LogP contribution >= 0.6 is 0 Å². The van der Waals surface area contributed by atoms with Crippen molar-refractivity contribution in [2.45, 2.75) is 44.1 Å². The topological polar surface area (TPSA) is 72.3 Å². The number of rotatable bonds is 3. The molecule has 0 unspecified atom stereocenters. The van der Waals surface area contributed by atoms with Crippen molar-refractivity contribution < 1.29 is 5.11 Å². The van der Waals surface area contributed by atoms with Gasteiger partial charge in [-0.1, -0.05) is 37.5 Å². The summed E-state index contributed by atoms with van der Waals surface area (Å²) < 4.78 is 0. The molecule has 0 amide bonds. The van der Waals surface area contributed by atoms with Gasteiger partial charge in [0, 0.05) is 18.2 Å². The van der Waals surface area contributed by atoms with Gasteiger partial charge in [0.1, 0.15) is 5.75 Å². The molecule has 1 saturated carbocycles. The average molecular weight is 234 g/mol. The molecular formula is C14H22N2O. The first-order valence-corrected chi connectivity index (χ1v) is 6.51. The van der Waals surface area contributed by atoms with Crippen LogP contribution in [0.25, 0.3) is 0 Å². The molecule has 0 radical (unpaired) electrons. The first-order valence-electron chi connectivity index (χ1n) is 6.51. The van der Waals surface area contributed by atoms with E-state index in [2.05, 4.69) is 0 Å². The summed E-state index contributed by atoms with van der Waals surface area (Å²) in [5.74, 6) is 0.867. The van der Waals surface area contributed by atoms with E-state index in [0.29, 0.717) is 18.2 Å². The molecule has 94 valence electrons. The van der Waals surface area contributed by atoms with Crippen LogP contribution in [0.5, 0.6) is 5.75 Å². The zero-order valence-electron chi connectivity index (χ0n) is 10.2. The molecule has 0 saturated heterocycles. The number of aromatic hydroxyl groups is 1. The van der Waals surface area contributed by atoms with E-state index >= 15 is 0 Å². The Balaban J connectivity index is 2.27. The van der Waals surface area contributed by atoms with Crippen LogP contribution in [0, 0.1) is 0 Å². The molecule has 1 aliphatic rings. The Labute approximate surface area is 103 Å². The van der Waals surface area contributed by atoms with Crippen molar-refractivity contribution in [2.24, 2.45) is 11.5 Å². The minimum absolute atomic E-state index is 0.265. The maximum absolute atomic E-state index is 10.3. The van der Waals surface area contributed by atoms with E-state index < -0.39 is 0 Å². The molecule has 1 aliphatic carbocycles. The number of hydrogen-bond donors (Lipinski definition) is 3. The van der Waals surface area contributed by atoms with Crippen LogP contribution in [0.15, 0.2) is 18.2 Å². The number of para-hydroxylation sites is 1. The van der Waals surface area contributed by atoms with Crippen molar-refractivity contribution >= 4 is 0 Å². The van der Waals surface area contributed by atoms with Gasteiger partial charge in [-0.3, -0.25) is 0 Å². The smallest absolute Gasteiger partial charge is 0.123 e. The first kappa shape index (κ1) is 12.4. The van der Waals surface area contributed by atoms with Crippen LogP contribution in [-0.2, 0) is 0 Å². The third-order valence-corrected chi connectivity index (χ3v) is 3.80. The number of benzene rings is 1. The van der Waals surface area contributed by atoms with Gasteiger partial charge in [-0.25, -0.2) is 0 Å². The second-order valence-electron chi connectivity index (χ2n) is 4.96. The molecule has 1 aromatic rings. The fourth-order valence-electron chi connectivity index (χ4n) is 2.75. The number of phenolic OH excluding ortho intramolecular Hbond substituents is 1. The number of nitrogens with two attached hydrogens (primary N) is 2. The van der Waals surface area contributed by atoms with Gasteiger partial charge < -0.3 is 16.6 Å². The molecule has 1 fully saturated rings. The molecule has 1 atom stereocenters. The molecule has 3 heteroatoms. The highest BCUT2D eigenvalue weighted by Gasteiger charge is 2.21. The third kappa shape index (κ3) is 2.61. The fourth-order valence-corrected chi connectivity index (χ4v) is 2.75. The van der Waals surface area contributed by atoms with Crippen LogP contribution in [0.2, 0.25) is 0 Å². The van der Waals surface area contributed by atoms with E-state index in [4.69, 9.17) is 11.5 Å². The SMILES string of the molecule is NC[C@H](N)c1cccc(C2CCCCC2)c1O. The number of hydrogen-bond acceptors (Lipinski definition) is 3. The molecule has 17 heavy (non-hydrogen) atoms. The van der Waals surface area contributed by atoms with Gasteiger partial charge in [-0.15, -0.1) is 0 Å². The van der Waals surface area contributed by atoms with E-state index in [1.807, 2.05) is 18.2 Å². The van der Waals surface area contributed by atoms with Gasteiger partial charge in [0.05, 0.1) is 0 Å². The lowest BCUT2D eigenvalue weighted by molar-refractivity contribution is 0.409. The van der Waals surface area contributed by atoms with Crippen LogP contribution in [0.3, 0.4) is 0 Å².